The largest absolute Gasteiger partial charge is 0.744 e. The van der Waals surface area contributed by atoms with Crippen LogP contribution in [0.5, 0.6) is 5.75 Å². The molecule has 3 aliphatic carbocycles. The van der Waals surface area contributed by atoms with Crippen LogP contribution in [0, 0.1) is 35.1 Å². The van der Waals surface area contributed by atoms with Gasteiger partial charge in [0.2, 0.25) is 17.4 Å². The van der Waals surface area contributed by atoms with Crippen LogP contribution in [0.3, 0.4) is 0 Å². The van der Waals surface area contributed by atoms with Crippen molar-refractivity contribution in [2.24, 2.45) is 11.8 Å². The topological polar surface area (TPSA) is 101 Å². The molecule has 0 heterocycles. The minimum absolute atomic E-state index is 0.415. The van der Waals surface area contributed by atoms with E-state index in [2.05, 4.69) is 0 Å². The van der Waals surface area contributed by atoms with Crippen LogP contribution in [0.25, 0.3) is 0 Å². The number of fused-ring (bicyclic) bond motifs is 1. The lowest BCUT2D eigenvalue weighted by Crippen LogP contribution is -2.47. The highest BCUT2D eigenvalue weighted by molar-refractivity contribution is 7.85. The summed E-state index contributed by atoms with van der Waals surface area (Å²) in [6, 6.07) is 14.1. The predicted octanol–water partition coefficient (Wildman–Crippen LogP) is 4.16. The SMILES string of the molecule is CC(=O)C1C2c3ccccc3C(c3ccccc32)C1C(=O)Oc1c(F)c(F)c(S(=O)(=O)[O-])c(F)c1F. The summed E-state index contributed by atoms with van der Waals surface area (Å²) in [6.45, 7) is 1.26. The first-order chi connectivity index (χ1) is 16.9. The van der Waals surface area contributed by atoms with Crippen LogP contribution in [0.15, 0.2) is 53.4 Å². The van der Waals surface area contributed by atoms with Crippen LogP contribution in [0.1, 0.15) is 41.0 Å². The molecule has 11 heteroatoms. The van der Waals surface area contributed by atoms with Gasteiger partial charge in [0, 0.05) is 17.8 Å². The molecule has 0 amide bonds. The molecule has 6 rings (SSSR count). The molecule has 36 heavy (non-hydrogen) atoms. The lowest BCUT2D eigenvalue weighted by atomic mass is 9.53. The number of hydrogen-bond acceptors (Lipinski definition) is 6. The summed E-state index contributed by atoms with van der Waals surface area (Å²) in [5, 5.41) is 0. The molecule has 2 atom stereocenters. The average molecular weight is 519 g/mol. The van der Waals surface area contributed by atoms with Gasteiger partial charge in [0.05, 0.1) is 5.92 Å². The fraction of sp³-hybridized carbons (Fsp3) is 0.200. The summed E-state index contributed by atoms with van der Waals surface area (Å²) in [7, 11) is -5.93. The van der Waals surface area contributed by atoms with Crippen molar-refractivity contribution in [1.82, 2.24) is 0 Å². The Hall–Kier alpha value is -3.57. The van der Waals surface area contributed by atoms with Gasteiger partial charge in [0.25, 0.3) is 0 Å². The van der Waals surface area contributed by atoms with E-state index in [1.807, 2.05) is 12.1 Å². The van der Waals surface area contributed by atoms with Gasteiger partial charge >= 0.3 is 5.97 Å². The number of Topliss-reactive ketones (excluding diaryl/α,β-unsaturated/α-hetero) is 1. The van der Waals surface area contributed by atoms with E-state index < -0.39 is 79.5 Å². The van der Waals surface area contributed by atoms with E-state index in [-0.39, 0.29) is 0 Å². The molecule has 3 aliphatic rings. The first kappa shape index (κ1) is 24.1. The summed E-state index contributed by atoms with van der Waals surface area (Å²) in [4.78, 5) is 23.8. The molecule has 0 radical (unpaired) electrons. The van der Waals surface area contributed by atoms with Gasteiger partial charge in [-0.2, -0.15) is 8.78 Å². The number of esters is 1. The van der Waals surface area contributed by atoms with Gasteiger partial charge in [-0.15, -0.1) is 0 Å². The van der Waals surface area contributed by atoms with E-state index in [4.69, 9.17) is 4.74 Å². The maximum Gasteiger partial charge on any atom is 0.316 e. The van der Waals surface area contributed by atoms with Crippen molar-refractivity contribution < 1.29 is 44.9 Å². The summed E-state index contributed by atoms with van der Waals surface area (Å²) in [5.41, 5.74) is 2.97. The van der Waals surface area contributed by atoms with Crippen molar-refractivity contribution in [2.75, 3.05) is 0 Å². The molecule has 2 bridgehead atoms. The molecular weight excluding hydrogens is 504 g/mol. The first-order valence-corrected chi connectivity index (χ1v) is 12.1. The fourth-order valence-electron chi connectivity index (χ4n) is 5.52. The molecule has 0 aromatic heterocycles. The van der Waals surface area contributed by atoms with Crippen LogP contribution in [0.2, 0.25) is 0 Å². The second kappa shape index (κ2) is 8.24. The number of halogens is 4. The molecule has 0 saturated carbocycles. The smallest absolute Gasteiger partial charge is 0.316 e. The van der Waals surface area contributed by atoms with Gasteiger partial charge in [-0.3, -0.25) is 9.59 Å². The Kier molecular flexibility index (Phi) is 5.53. The summed E-state index contributed by atoms with van der Waals surface area (Å²) in [5.74, 6) is -17.1. The van der Waals surface area contributed by atoms with E-state index >= 15 is 0 Å². The van der Waals surface area contributed by atoms with Crippen LogP contribution in [0.4, 0.5) is 17.6 Å². The lowest BCUT2D eigenvalue weighted by molar-refractivity contribution is -0.146. The molecule has 3 aromatic carbocycles. The monoisotopic (exact) mass is 519 g/mol. The Morgan fingerprint density at radius 1 is 0.750 bits per heavy atom. The van der Waals surface area contributed by atoms with Crippen molar-refractivity contribution in [1.29, 1.82) is 0 Å². The van der Waals surface area contributed by atoms with Crippen molar-refractivity contribution in [2.45, 2.75) is 23.7 Å². The third-order valence-corrected chi connectivity index (χ3v) is 7.67. The van der Waals surface area contributed by atoms with Crippen LogP contribution in [-0.2, 0) is 19.7 Å². The number of rotatable bonds is 4. The van der Waals surface area contributed by atoms with Gasteiger partial charge in [0.1, 0.15) is 20.8 Å². The van der Waals surface area contributed by atoms with Gasteiger partial charge in [-0.25, -0.2) is 17.2 Å². The van der Waals surface area contributed by atoms with Gasteiger partial charge < -0.3 is 9.29 Å². The Bertz CT molecular complexity index is 1490. The maximum absolute atomic E-state index is 14.6. The standard InChI is InChI=1S/C25H16F4O6S/c1-10(30)15-16-11-6-2-4-8-13(11)17(14-9-5-3-7-12(14)16)18(15)25(31)35-23-19(26)21(28)24(36(32,33)34)22(29)20(23)27/h2-9,15-18H,1H3,(H,32,33,34)/p-1. The highest BCUT2D eigenvalue weighted by atomic mass is 32.2. The van der Waals surface area contributed by atoms with E-state index in [0.717, 1.165) is 11.1 Å². The number of carbonyl (C=O) groups excluding carboxylic acids is 2. The summed E-state index contributed by atoms with van der Waals surface area (Å²) < 4.78 is 95.6. The highest BCUT2D eigenvalue weighted by Gasteiger charge is 2.55. The molecule has 0 fully saturated rings. The van der Waals surface area contributed by atoms with Gasteiger partial charge in [0.15, 0.2) is 11.6 Å². The van der Waals surface area contributed by atoms with Crippen LogP contribution >= 0.6 is 0 Å². The molecule has 6 nitrogen and oxygen atoms in total. The van der Waals surface area contributed by atoms with E-state index in [9.17, 15) is 40.1 Å². The highest BCUT2D eigenvalue weighted by Crippen LogP contribution is 2.58. The summed E-state index contributed by atoms with van der Waals surface area (Å²) in [6.07, 6.45) is 0. The zero-order valence-electron chi connectivity index (χ0n) is 18.3. The Morgan fingerprint density at radius 2 is 1.14 bits per heavy atom. The summed E-state index contributed by atoms with van der Waals surface area (Å²) >= 11 is 0. The number of carbonyl (C=O) groups is 2. The predicted molar refractivity (Wildman–Crippen MR) is 114 cm³/mol. The second-order valence-electron chi connectivity index (χ2n) is 8.66. The fourth-order valence-corrected chi connectivity index (χ4v) is 6.14. The van der Waals surface area contributed by atoms with Crippen molar-refractivity contribution in [3.8, 4) is 5.75 Å². The molecule has 0 spiro atoms. The molecule has 0 aliphatic heterocycles. The molecule has 0 saturated heterocycles. The average Bonchev–Trinajstić information content (AvgIpc) is 2.84. The number of ether oxygens (including phenoxy) is 1. The Morgan fingerprint density at radius 3 is 1.50 bits per heavy atom. The molecule has 186 valence electrons. The second-order valence-corrected chi connectivity index (χ2v) is 9.98. The normalized spacial score (nSPS) is 22.1. The Labute approximate surface area is 202 Å². The minimum Gasteiger partial charge on any atom is -0.744 e. The first-order valence-electron chi connectivity index (χ1n) is 10.7. The number of hydrogen-bond donors (Lipinski definition) is 0. The Balaban J connectivity index is 1.66. The molecule has 2 unspecified atom stereocenters. The van der Waals surface area contributed by atoms with Crippen LogP contribution < -0.4 is 4.74 Å². The maximum atomic E-state index is 14.6. The van der Waals surface area contributed by atoms with Crippen molar-refractivity contribution in [3.63, 3.8) is 0 Å². The number of benzene rings is 3. The van der Waals surface area contributed by atoms with E-state index in [1.54, 1.807) is 36.4 Å². The quantitative estimate of drug-likeness (QED) is 0.169. The number of ketones is 1. The zero-order valence-corrected chi connectivity index (χ0v) is 19.1. The van der Waals surface area contributed by atoms with Gasteiger partial charge in [-0.1, -0.05) is 48.5 Å². The van der Waals surface area contributed by atoms with Gasteiger partial charge in [-0.05, 0) is 29.2 Å². The third-order valence-electron chi connectivity index (χ3n) is 6.81. The van der Waals surface area contributed by atoms with E-state index in [0.29, 0.717) is 11.1 Å². The van der Waals surface area contributed by atoms with E-state index in [1.165, 1.54) is 6.92 Å². The van der Waals surface area contributed by atoms with Crippen molar-refractivity contribution in [3.05, 3.63) is 94.1 Å². The minimum atomic E-state index is -5.93. The van der Waals surface area contributed by atoms with Crippen molar-refractivity contribution >= 4 is 21.9 Å². The third kappa shape index (κ3) is 3.37. The van der Waals surface area contributed by atoms with Crippen LogP contribution in [-0.4, -0.2) is 24.7 Å². The molecular formula is C25H15F4O6S-. The molecule has 3 aromatic rings. The zero-order chi connectivity index (χ0) is 26.1. The molecule has 0 N–H and O–H groups in total. The lowest BCUT2D eigenvalue weighted by Gasteiger charge is -2.48.